The number of anilines is 2. The third-order valence-electron chi connectivity index (χ3n) is 2.86. The van der Waals surface area contributed by atoms with E-state index in [1.807, 2.05) is 7.05 Å². The maximum atomic E-state index is 4.51. The van der Waals surface area contributed by atoms with Gasteiger partial charge in [0.2, 0.25) is 5.95 Å². The topological polar surface area (TPSA) is 41.1 Å². The molecule has 0 saturated heterocycles. The first kappa shape index (κ1) is 14.2. The van der Waals surface area contributed by atoms with E-state index < -0.39 is 0 Å². The molecule has 0 aliphatic carbocycles. The standard InChI is InChI=1S/C12H21BrN4/c1-5-9(3)8-17(6-2)11-10(13)7-15-12(14-4)16-11/h7,9H,5-6,8H2,1-4H3,(H,14,15,16). The Morgan fingerprint density at radius 2 is 2.18 bits per heavy atom. The van der Waals surface area contributed by atoms with Crippen molar-refractivity contribution in [2.45, 2.75) is 27.2 Å². The molecular formula is C12H21BrN4. The first-order valence-corrected chi connectivity index (χ1v) is 6.86. The molecule has 0 fully saturated rings. The second-order valence-electron chi connectivity index (χ2n) is 4.17. The van der Waals surface area contributed by atoms with Gasteiger partial charge in [0.1, 0.15) is 5.82 Å². The van der Waals surface area contributed by atoms with Gasteiger partial charge in [-0.1, -0.05) is 20.3 Å². The van der Waals surface area contributed by atoms with Crippen LogP contribution in [0.2, 0.25) is 0 Å². The van der Waals surface area contributed by atoms with Crippen LogP contribution in [0.3, 0.4) is 0 Å². The summed E-state index contributed by atoms with van der Waals surface area (Å²) in [5.41, 5.74) is 0. The van der Waals surface area contributed by atoms with Gasteiger partial charge in [0.25, 0.3) is 0 Å². The molecule has 1 atom stereocenters. The van der Waals surface area contributed by atoms with Gasteiger partial charge in [-0.15, -0.1) is 0 Å². The van der Waals surface area contributed by atoms with Gasteiger partial charge in [0.05, 0.1) is 4.47 Å². The maximum Gasteiger partial charge on any atom is 0.224 e. The molecule has 0 aromatic carbocycles. The van der Waals surface area contributed by atoms with Crippen LogP contribution < -0.4 is 10.2 Å². The molecule has 4 nitrogen and oxygen atoms in total. The molecule has 0 spiro atoms. The number of rotatable bonds is 6. The van der Waals surface area contributed by atoms with E-state index >= 15 is 0 Å². The van der Waals surface area contributed by atoms with Crippen LogP contribution in [0.15, 0.2) is 10.7 Å². The summed E-state index contributed by atoms with van der Waals surface area (Å²) in [5.74, 6) is 2.29. The van der Waals surface area contributed by atoms with E-state index in [4.69, 9.17) is 0 Å². The Morgan fingerprint density at radius 3 is 2.71 bits per heavy atom. The molecule has 1 N–H and O–H groups in total. The third-order valence-corrected chi connectivity index (χ3v) is 3.42. The molecule has 17 heavy (non-hydrogen) atoms. The van der Waals surface area contributed by atoms with Gasteiger partial charge in [0, 0.05) is 26.3 Å². The Bertz CT molecular complexity index is 356. The lowest BCUT2D eigenvalue weighted by Crippen LogP contribution is -2.29. The van der Waals surface area contributed by atoms with Crippen LogP contribution in [0, 0.1) is 5.92 Å². The molecule has 0 amide bonds. The van der Waals surface area contributed by atoms with Crippen molar-refractivity contribution >= 4 is 27.7 Å². The Labute approximate surface area is 112 Å². The molecule has 1 aromatic heterocycles. The minimum absolute atomic E-state index is 0.658. The highest BCUT2D eigenvalue weighted by molar-refractivity contribution is 9.10. The van der Waals surface area contributed by atoms with E-state index in [1.54, 1.807) is 6.20 Å². The molecule has 1 aromatic rings. The lowest BCUT2D eigenvalue weighted by molar-refractivity contribution is 0.545. The Morgan fingerprint density at radius 1 is 1.47 bits per heavy atom. The quantitative estimate of drug-likeness (QED) is 0.876. The Hall–Kier alpha value is -0.840. The van der Waals surface area contributed by atoms with E-state index in [-0.39, 0.29) is 0 Å². The van der Waals surface area contributed by atoms with E-state index in [0.29, 0.717) is 11.9 Å². The first-order chi connectivity index (χ1) is 8.12. The van der Waals surface area contributed by atoms with Crippen molar-refractivity contribution in [2.24, 2.45) is 5.92 Å². The third kappa shape index (κ3) is 3.84. The highest BCUT2D eigenvalue weighted by atomic mass is 79.9. The molecule has 5 heteroatoms. The largest absolute Gasteiger partial charge is 0.357 e. The molecule has 0 saturated carbocycles. The van der Waals surface area contributed by atoms with E-state index in [9.17, 15) is 0 Å². The van der Waals surface area contributed by atoms with Crippen molar-refractivity contribution in [3.05, 3.63) is 10.7 Å². The minimum Gasteiger partial charge on any atom is -0.357 e. The summed E-state index contributed by atoms with van der Waals surface area (Å²) < 4.78 is 0.946. The highest BCUT2D eigenvalue weighted by Gasteiger charge is 2.13. The summed E-state index contributed by atoms with van der Waals surface area (Å²) in [5, 5.41) is 2.97. The molecule has 0 bridgehead atoms. The van der Waals surface area contributed by atoms with Crippen molar-refractivity contribution in [2.75, 3.05) is 30.4 Å². The predicted molar refractivity (Wildman–Crippen MR) is 76.6 cm³/mol. The summed E-state index contributed by atoms with van der Waals surface area (Å²) >= 11 is 3.52. The van der Waals surface area contributed by atoms with Crippen molar-refractivity contribution in [1.82, 2.24) is 9.97 Å². The fraction of sp³-hybridized carbons (Fsp3) is 0.667. The van der Waals surface area contributed by atoms with Crippen LogP contribution >= 0.6 is 15.9 Å². The van der Waals surface area contributed by atoms with Crippen LogP contribution in [0.4, 0.5) is 11.8 Å². The summed E-state index contributed by atoms with van der Waals surface area (Å²) in [6.45, 7) is 8.59. The van der Waals surface area contributed by atoms with Gasteiger partial charge in [-0.3, -0.25) is 0 Å². The summed E-state index contributed by atoms with van der Waals surface area (Å²) in [6, 6.07) is 0. The van der Waals surface area contributed by atoms with Gasteiger partial charge >= 0.3 is 0 Å². The first-order valence-electron chi connectivity index (χ1n) is 6.07. The summed E-state index contributed by atoms with van der Waals surface area (Å²) in [6.07, 6.45) is 2.98. The van der Waals surface area contributed by atoms with Crippen molar-refractivity contribution < 1.29 is 0 Å². The highest BCUT2D eigenvalue weighted by Crippen LogP contribution is 2.25. The van der Waals surface area contributed by atoms with Crippen molar-refractivity contribution in [3.63, 3.8) is 0 Å². The normalized spacial score (nSPS) is 12.3. The van der Waals surface area contributed by atoms with E-state index in [1.165, 1.54) is 6.42 Å². The van der Waals surface area contributed by atoms with Crippen LogP contribution in [-0.4, -0.2) is 30.1 Å². The number of hydrogen-bond donors (Lipinski definition) is 1. The fourth-order valence-corrected chi connectivity index (χ4v) is 2.01. The summed E-state index contributed by atoms with van der Waals surface area (Å²) in [4.78, 5) is 11.0. The van der Waals surface area contributed by atoms with Crippen LogP contribution in [0.5, 0.6) is 0 Å². The van der Waals surface area contributed by atoms with Gasteiger partial charge in [-0.25, -0.2) is 4.98 Å². The number of nitrogens with one attached hydrogen (secondary N) is 1. The molecule has 0 aliphatic heterocycles. The molecule has 1 rings (SSSR count). The lowest BCUT2D eigenvalue weighted by Gasteiger charge is -2.26. The predicted octanol–water partition coefficient (Wildman–Crippen LogP) is 3.15. The molecule has 1 heterocycles. The molecule has 1 unspecified atom stereocenters. The number of halogens is 1. The SMILES string of the molecule is CCC(C)CN(CC)c1nc(NC)ncc1Br. The zero-order chi connectivity index (χ0) is 12.8. The second-order valence-corrected chi connectivity index (χ2v) is 5.02. The average molecular weight is 301 g/mol. The van der Waals surface area contributed by atoms with E-state index in [2.05, 4.69) is 56.9 Å². The maximum absolute atomic E-state index is 4.51. The minimum atomic E-state index is 0.658. The Balaban J connectivity index is 2.93. The Kier molecular flexibility index (Phi) is 5.68. The second kappa shape index (κ2) is 6.79. The van der Waals surface area contributed by atoms with Crippen LogP contribution in [0.1, 0.15) is 27.2 Å². The molecular weight excluding hydrogens is 280 g/mol. The monoisotopic (exact) mass is 300 g/mol. The van der Waals surface area contributed by atoms with Gasteiger partial charge in [0.15, 0.2) is 0 Å². The van der Waals surface area contributed by atoms with Crippen molar-refractivity contribution in [1.29, 1.82) is 0 Å². The van der Waals surface area contributed by atoms with Crippen LogP contribution in [0.25, 0.3) is 0 Å². The molecule has 0 aliphatic rings. The lowest BCUT2D eigenvalue weighted by atomic mass is 10.1. The number of hydrogen-bond acceptors (Lipinski definition) is 4. The summed E-state index contributed by atoms with van der Waals surface area (Å²) in [7, 11) is 1.83. The van der Waals surface area contributed by atoms with Gasteiger partial charge < -0.3 is 10.2 Å². The smallest absolute Gasteiger partial charge is 0.224 e. The number of nitrogens with zero attached hydrogens (tertiary/aromatic N) is 3. The molecule has 96 valence electrons. The van der Waals surface area contributed by atoms with Crippen LogP contribution in [-0.2, 0) is 0 Å². The number of aromatic nitrogens is 2. The van der Waals surface area contributed by atoms with Gasteiger partial charge in [-0.05, 0) is 28.8 Å². The fourth-order valence-electron chi connectivity index (χ4n) is 1.57. The van der Waals surface area contributed by atoms with E-state index in [0.717, 1.165) is 23.4 Å². The zero-order valence-corrected chi connectivity index (χ0v) is 12.6. The average Bonchev–Trinajstić information content (AvgIpc) is 2.36. The van der Waals surface area contributed by atoms with Gasteiger partial charge in [-0.2, -0.15) is 4.98 Å². The molecule has 0 radical (unpaired) electrons. The zero-order valence-electron chi connectivity index (χ0n) is 11.0. The van der Waals surface area contributed by atoms with Crippen molar-refractivity contribution in [3.8, 4) is 0 Å².